The number of imide groups is 1. The second kappa shape index (κ2) is 45.9. The molecular formula is C107H134BBr4I2N15O13S2. The van der Waals surface area contributed by atoms with Crippen LogP contribution in [0.25, 0.3) is 20.8 Å². The smallest absolute Gasteiger partial charge is 0.487 e. The summed E-state index contributed by atoms with van der Waals surface area (Å²) < 4.78 is 36.1. The number of likely N-dealkylation sites (N-methyl/N-ethyl adjacent to an activating group) is 3. The lowest BCUT2D eigenvalue weighted by Gasteiger charge is -2.44. The number of nitrogens with zero attached hydrogens (tertiary/aromatic N) is 8. The van der Waals surface area contributed by atoms with E-state index in [2.05, 4.69) is 157 Å². The van der Waals surface area contributed by atoms with Crippen molar-refractivity contribution in [1.29, 1.82) is 0 Å². The number of nitrogens with one attached hydrogen (secondary N) is 4. The zero-order valence-corrected chi connectivity index (χ0v) is 93.3. The number of thiocarbonyl (C=S) groups is 1. The van der Waals surface area contributed by atoms with Crippen molar-refractivity contribution < 1.29 is 62.5 Å². The average Bonchev–Trinajstić information content (AvgIpc) is 1.53. The maximum absolute atomic E-state index is 13.5. The van der Waals surface area contributed by atoms with E-state index in [-0.39, 0.29) is 122 Å². The van der Waals surface area contributed by atoms with Crippen molar-refractivity contribution in [3.05, 3.63) is 208 Å². The molecule has 772 valence electrons. The minimum Gasteiger partial charge on any atom is -0.487 e. The third kappa shape index (κ3) is 21.9. The monoisotopic (exact) mass is 2480 g/mol. The summed E-state index contributed by atoms with van der Waals surface area (Å²) in [6, 6.07) is 42.6. The largest absolute Gasteiger partial charge is 0.487 e. The number of fused-ring (bicyclic) bond motifs is 10. The highest BCUT2D eigenvalue weighted by Crippen LogP contribution is 2.62. The van der Waals surface area contributed by atoms with Crippen LogP contribution in [0.1, 0.15) is 245 Å². The Hall–Kier alpha value is -8.49. The molecule has 15 atom stereocenters. The lowest BCUT2D eigenvalue weighted by molar-refractivity contribution is -0.134. The molecule has 22 rings (SSSR count). The first-order valence-electron chi connectivity index (χ1n) is 47.8. The predicted molar refractivity (Wildman–Crippen MR) is 607 cm³/mol. The highest BCUT2D eigenvalue weighted by atomic mass is 127. The summed E-state index contributed by atoms with van der Waals surface area (Å²) in [5.74, 6) is 7.12. The summed E-state index contributed by atoms with van der Waals surface area (Å²) in [5.41, 5.74) is 13.2. The highest BCUT2D eigenvalue weighted by Gasteiger charge is 2.66. The number of rotatable bonds is 7. The van der Waals surface area contributed by atoms with Gasteiger partial charge in [-0.25, -0.2) is 29.5 Å². The molecule has 0 aromatic heterocycles. The van der Waals surface area contributed by atoms with Crippen LogP contribution in [0.4, 0.5) is 16.2 Å². The number of halogens is 6. The van der Waals surface area contributed by atoms with E-state index in [9.17, 15) is 28.8 Å². The Morgan fingerprint density at radius 2 is 0.778 bits per heavy atom. The molecule has 2 saturated heterocycles. The second-order valence-electron chi connectivity index (χ2n) is 39.7. The maximum Gasteiger partial charge on any atom is 0.487 e. The van der Waals surface area contributed by atoms with Crippen LogP contribution >= 0.6 is 134 Å². The van der Waals surface area contributed by atoms with Crippen LogP contribution in [-0.4, -0.2) is 150 Å². The molecule has 0 bridgehead atoms. The minimum atomic E-state index is -1.49. The van der Waals surface area contributed by atoms with E-state index >= 15 is 0 Å². The fourth-order valence-corrected chi connectivity index (χ4v) is 26.5. The Balaban J connectivity index is 0.000000165. The maximum atomic E-state index is 13.5. The van der Waals surface area contributed by atoms with Crippen LogP contribution in [-0.2, 0) is 51.7 Å². The number of hydrogen-bond acceptors (Lipinski definition) is 21. The molecule has 28 nitrogen and oxygen atoms in total. The summed E-state index contributed by atoms with van der Waals surface area (Å²) in [7, 11) is 3.72. The van der Waals surface area contributed by atoms with E-state index in [0.717, 1.165) is 195 Å². The molecule has 37 heteroatoms. The minimum absolute atomic E-state index is 0. The Labute approximate surface area is 921 Å². The molecule has 7 aromatic rings. The van der Waals surface area contributed by atoms with Crippen molar-refractivity contribution in [2.24, 2.45) is 56.0 Å². The molecule has 13 N–H and O–H groups in total. The number of nitrogens with two attached hydrogens (primary N) is 2. The number of amides is 7. The quantitative estimate of drug-likeness (QED) is 0.0179. The van der Waals surface area contributed by atoms with Crippen LogP contribution in [0.2, 0.25) is 0 Å². The summed E-state index contributed by atoms with van der Waals surface area (Å²) in [6.45, 7) is 25.0. The fraction of sp³-hybridized carbons (Fsp3) is 0.495. The molecule has 15 aliphatic rings. The van der Waals surface area contributed by atoms with E-state index in [1.807, 2.05) is 127 Å². The van der Waals surface area contributed by atoms with Gasteiger partial charge < -0.3 is 67.3 Å². The molecule has 7 aromatic carbocycles. The standard InChI is InChI=1S/C25H26N4O2.C19H23BrN2O2S.C18H22BrN3O2.C17H19BrN2O3.C17H19BrN2O2S.C7H6BNO2.CH3I.3CH4.HI.H3N/c1-4-16-10-11-24(14-16)15-25(22(30)29(3)23(26)28-25)20-13-18(8-9-21(20)31-24)17-6-5-7-19(12-17)27-2;1-4-12-7-8-18(10-12)11-19(16(23)22(2)17(21-19)25-3)14-9-13(20)5-6-15(14)24-18;1-3-11-6-7-17(9-11)10-18(15(23)22(2)16(20)21-18)13-8-12(19)4-5-14(13)24-17;1-2-10-5-6-16(8-10)9-17(14(21)19-15(22)20-17)12-7-11(18)3-4-13(12)23-16;1-2-10-5-6-16(8-10)9-17(14(21)19-15(23)20-17)12-7-11(18)3-4-13(12)22-16;1-9-7-4-2-3-6(5-7)8(10)11;1-2;;;;;/h5-9,12-13,16H,4,10-11,14-15H2,1,3H3,(H2,26,28);5-6,9,12H,4,7-8,10-11H2,1-3H3;4-5,8,11H,3,6-7,9-10H2,1-2H3,(H2,20,21);3-4,7,10H,2,5-6,8-9H2,1H3,(H2,19,20,21,22);3-4,7,10H,2,5-6,8-9H2,1H3,(H2,19,20,21,23);2-5,10-11H;1H3;3*1H4;1H;1H3. The van der Waals surface area contributed by atoms with Crippen molar-refractivity contribution in [1.82, 2.24) is 42.1 Å². The fourth-order valence-electron chi connectivity index (χ4n) is 24.2. The Bertz CT molecular complexity index is 6140. The van der Waals surface area contributed by atoms with Crippen molar-refractivity contribution in [2.75, 3.05) is 32.3 Å². The Kier molecular flexibility index (Phi) is 36.9. The molecular weight excluding hydrogens is 2350 g/mol. The Morgan fingerprint density at radius 3 is 1.10 bits per heavy atom. The van der Waals surface area contributed by atoms with Crippen LogP contribution in [0.5, 0.6) is 28.7 Å². The van der Waals surface area contributed by atoms with Crippen molar-refractivity contribution in [3.63, 3.8) is 0 Å². The molecule has 7 amide bonds. The summed E-state index contributed by atoms with van der Waals surface area (Å²) in [6.07, 6.45) is 25.9. The normalized spacial score (nSPS) is 29.8. The number of carbonyl (C=O) groups excluding carboxylic acids is 6. The number of thioether (sulfide) groups is 1. The zero-order valence-electron chi connectivity index (χ0n) is 80.9. The van der Waals surface area contributed by atoms with Gasteiger partial charge in [-0.15, -0.1) is 24.0 Å². The average molecular weight is 2490 g/mol. The summed E-state index contributed by atoms with van der Waals surface area (Å²) in [5, 5.41) is 29.9. The summed E-state index contributed by atoms with van der Waals surface area (Å²) in [4.78, 5) is 105. The molecule has 10 spiro atoms. The molecule has 15 unspecified atom stereocenters. The molecule has 0 radical (unpaired) electrons. The van der Waals surface area contributed by atoms with Gasteiger partial charge in [-0.1, -0.05) is 236 Å². The second-order valence-corrected chi connectivity index (χ2v) is 44.6. The first kappa shape index (κ1) is 116. The third-order valence-corrected chi connectivity index (χ3v) is 34.2. The van der Waals surface area contributed by atoms with E-state index in [0.29, 0.717) is 95.1 Å². The van der Waals surface area contributed by atoms with Crippen LogP contribution in [0.3, 0.4) is 0 Å². The van der Waals surface area contributed by atoms with Crippen molar-refractivity contribution in [3.8, 4) is 39.9 Å². The van der Waals surface area contributed by atoms with Crippen molar-refractivity contribution in [2.45, 2.75) is 273 Å². The van der Waals surface area contributed by atoms with Crippen molar-refractivity contribution >= 4 is 216 Å². The van der Waals surface area contributed by atoms with Gasteiger partial charge in [0, 0.05) is 99.0 Å². The van der Waals surface area contributed by atoms with Gasteiger partial charge in [0.2, 0.25) is 0 Å². The van der Waals surface area contributed by atoms with Gasteiger partial charge in [-0.3, -0.25) is 44.0 Å². The lowest BCUT2D eigenvalue weighted by atomic mass is 9.74. The van der Waals surface area contributed by atoms with Gasteiger partial charge in [-0.2, -0.15) is 0 Å². The van der Waals surface area contributed by atoms with Gasteiger partial charge in [0.25, 0.3) is 29.5 Å². The van der Waals surface area contributed by atoms with Gasteiger partial charge in [-0.05, 0) is 257 Å². The molecule has 144 heavy (non-hydrogen) atoms. The predicted octanol–water partition coefficient (Wildman–Crippen LogP) is 22.6. The van der Waals surface area contributed by atoms with Gasteiger partial charge in [0.1, 0.15) is 56.8 Å². The van der Waals surface area contributed by atoms with E-state index in [4.69, 9.17) is 80.5 Å². The van der Waals surface area contributed by atoms with E-state index in [1.165, 1.54) is 40.5 Å². The molecule has 10 heterocycles. The van der Waals surface area contributed by atoms with Gasteiger partial charge in [0.15, 0.2) is 61.3 Å². The number of amidine groups is 1. The Morgan fingerprint density at radius 1 is 0.458 bits per heavy atom. The lowest BCUT2D eigenvalue weighted by Crippen LogP contribution is -2.55. The molecule has 5 saturated carbocycles. The number of alkyl halides is 1. The molecule has 5 aliphatic carbocycles. The van der Waals surface area contributed by atoms with Gasteiger partial charge in [0.05, 0.1) is 13.1 Å². The third-order valence-electron chi connectivity index (χ3n) is 31.3. The highest BCUT2D eigenvalue weighted by molar-refractivity contribution is 14.1. The topological polar surface area (TPSA) is 380 Å². The molecule has 7 fully saturated rings. The molecule has 10 aliphatic heterocycles. The van der Waals surface area contributed by atoms with E-state index < -0.39 is 40.8 Å². The number of carbonyl (C=O) groups is 6. The first-order chi connectivity index (χ1) is 66.4. The number of guanidine groups is 2. The van der Waals surface area contributed by atoms with Crippen LogP contribution < -0.4 is 68.0 Å². The SMILES string of the molecule is C.C.C.CCC1CCC2(C1)CC1(N=C(N)N(C)C1=O)c1cc(Br)ccc1O2.CCC1CCC2(C1)CC1(N=C(SC)N(C)C1=O)c1cc(Br)ccc1O2.CCC1CCC2(C1)CC1(NC(=O)NC1=O)c1cc(Br)ccc1O2.CCC1CCC2(C1)CC1(NC(=S)NC1=O)c1cc(Br)ccc1O2.CI.I.N.[C-]#[N+]c1cccc(-c2ccc3c(c2)C2(CC4(CCC(CC)C4)O3)N=C(N)N(C)C2=O)c1.[C-]#[N+]c1cccc(B(O)O)c1. The number of aliphatic imine (C=N–C) groups is 3. The first-order valence-corrected chi connectivity index (χ1v) is 54.8. The van der Waals surface area contributed by atoms with Crippen LogP contribution in [0.15, 0.2) is 172 Å². The number of urea groups is 1. The zero-order chi connectivity index (χ0) is 99.5. The number of hydrogen-bond donors (Lipinski definition) is 9. The number of benzene rings is 7. The van der Waals surface area contributed by atoms with E-state index in [1.54, 1.807) is 43.3 Å². The van der Waals surface area contributed by atoms with Gasteiger partial charge >= 0.3 is 13.1 Å². The number of ether oxygens (including phenoxy) is 5. The van der Waals surface area contributed by atoms with Crippen LogP contribution in [0, 0.1) is 42.7 Å². The summed E-state index contributed by atoms with van der Waals surface area (Å²) >= 11 is 22.9.